The van der Waals surface area contributed by atoms with Crippen LogP contribution in [0.3, 0.4) is 0 Å². The molecule has 0 saturated carbocycles. The molecule has 0 aliphatic heterocycles. The topological polar surface area (TPSA) is 41.9 Å². The predicted octanol–water partition coefficient (Wildman–Crippen LogP) is 4.27. The van der Waals surface area contributed by atoms with Crippen LogP contribution in [0.15, 0.2) is 48.5 Å². The molecule has 0 saturated heterocycles. The molecule has 0 radical (unpaired) electrons. The van der Waals surface area contributed by atoms with E-state index < -0.39 is 6.10 Å². The molecule has 0 aromatic heterocycles. The minimum atomic E-state index is -0.798. The van der Waals surface area contributed by atoms with Crippen molar-refractivity contribution in [1.29, 1.82) is 0 Å². The molecule has 0 heterocycles. The number of benzene rings is 2. The Bertz CT molecular complexity index is 677. The summed E-state index contributed by atoms with van der Waals surface area (Å²) in [7, 11) is 1.61. The monoisotopic (exact) mass is 357 g/mol. The molecule has 142 valence electrons. The van der Waals surface area contributed by atoms with Gasteiger partial charge in [-0.05, 0) is 39.8 Å². The Hall–Kier alpha value is -2.04. The van der Waals surface area contributed by atoms with E-state index in [1.165, 1.54) is 0 Å². The molecule has 0 spiro atoms. The van der Waals surface area contributed by atoms with Crippen molar-refractivity contribution in [2.24, 2.45) is 0 Å². The Kier molecular flexibility index (Phi) is 7.49. The van der Waals surface area contributed by atoms with Crippen LogP contribution in [0.1, 0.15) is 44.9 Å². The minimum Gasteiger partial charge on any atom is -0.496 e. The van der Waals surface area contributed by atoms with E-state index >= 15 is 0 Å². The van der Waals surface area contributed by atoms with E-state index in [1.807, 2.05) is 48.5 Å². The molecule has 0 amide bonds. The highest BCUT2D eigenvalue weighted by Crippen LogP contribution is 2.34. The number of hydrogen-bond acceptors (Lipinski definition) is 4. The summed E-state index contributed by atoms with van der Waals surface area (Å²) in [5.41, 5.74) is 1.48. The predicted molar refractivity (Wildman–Crippen MR) is 106 cm³/mol. The molecule has 0 fully saturated rings. The smallest absolute Gasteiger partial charge is 0.125 e. The molecule has 2 rings (SSSR count). The third-order valence-electron chi connectivity index (χ3n) is 4.58. The van der Waals surface area contributed by atoms with Gasteiger partial charge in [0.25, 0.3) is 0 Å². The molecule has 2 aromatic rings. The minimum absolute atomic E-state index is 0.466. The Labute approximate surface area is 157 Å². The Morgan fingerprint density at radius 1 is 0.846 bits per heavy atom. The first kappa shape index (κ1) is 20.3. The van der Waals surface area contributed by atoms with Crippen molar-refractivity contribution in [3.8, 4) is 11.5 Å². The lowest BCUT2D eigenvalue weighted by Crippen LogP contribution is -2.39. The maximum absolute atomic E-state index is 10.9. The number of nitrogens with zero attached hydrogens (tertiary/aromatic N) is 1. The molecular weight excluding hydrogens is 326 g/mol. The summed E-state index contributed by atoms with van der Waals surface area (Å²) in [4.78, 5) is 2.39. The third kappa shape index (κ3) is 4.99. The maximum atomic E-state index is 10.9. The summed E-state index contributed by atoms with van der Waals surface area (Å²) in [5.74, 6) is 1.37. The zero-order chi connectivity index (χ0) is 19.1. The van der Waals surface area contributed by atoms with Gasteiger partial charge in [-0.25, -0.2) is 0 Å². The van der Waals surface area contributed by atoms with Gasteiger partial charge in [-0.15, -0.1) is 0 Å². The second-order valence-electron chi connectivity index (χ2n) is 6.96. The van der Waals surface area contributed by atoms with E-state index in [4.69, 9.17) is 9.47 Å². The third-order valence-corrected chi connectivity index (χ3v) is 4.58. The van der Waals surface area contributed by atoms with Crippen molar-refractivity contribution >= 4 is 0 Å². The van der Waals surface area contributed by atoms with Gasteiger partial charge in [-0.2, -0.15) is 0 Å². The van der Waals surface area contributed by atoms with Crippen LogP contribution in [-0.4, -0.2) is 42.4 Å². The fourth-order valence-corrected chi connectivity index (χ4v) is 3.27. The molecule has 0 bridgehead atoms. The van der Waals surface area contributed by atoms with E-state index in [0.717, 1.165) is 17.7 Å². The van der Waals surface area contributed by atoms with Crippen molar-refractivity contribution in [1.82, 2.24) is 4.90 Å². The fraction of sp³-hybridized carbons (Fsp3) is 0.455. The summed E-state index contributed by atoms with van der Waals surface area (Å²) in [6.07, 6.45) is -0.798. The standard InChI is InChI=1S/C22H31NO3/c1-16(2)23(17(3)4)14-15-26-21-13-9-7-11-19(21)22(24)18-10-6-8-12-20(18)25-5/h6-13,16-17,22,24H,14-15H2,1-5H3. The van der Waals surface area contributed by atoms with Gasteiger partial charge >= 0.3 is 0 Å². The number of hydrogen-bond donors (Lipinski definition) is 1. The van der Waals surface area contributed by atoms with Crippen LogP contribution in [0.5, 0.6) is 11.5 Å². The van der Waals surface area contributed by atoms with Crippen molar-refractivity contribution in [2.45, 2.75) is 45.9 Å². The number of methoxy groups -OCH3 is 1. The Morgan fingerprint density at radius 2 is 1.35 bits per heavy atom. The number of aliphatic hydroxyl groups is 1. The molecule has 0 aliphatic rings. The lowest BCUT2D eigenvalue weighted by molar-refractivity contribution is 0.139. The average Bonchev–Trinajstić information content (AvgIpc) is 2.64. The zero-order valence-electron chi connectivity index (χ0n) is 16.5. The average molecular weight is 357 g/mol. The number of para-hydroxylation sites is 2. The lowest BCUT2D eigenvalue weighted by atomic mass is 10.00. The van der Waals surface area contributed by atoms with Crippen molar-refractivity contribution in [2.75, 3.05) is 20.3 Å². The highest BCUT2D eigenvalue weighted by atomic mass is 16.5. The Morgan fingerprint density at radius 3 is 1.88 bits per heavy atom. The first-order valence-electron chi connectivity index (χ1n) is 9.24. The molecule has 4 heteroatoms. The van der Waals surface area contributed by atoms with Crippen LogP contribution in [0, 0.1) is 0 Å². The molecule has 0 aliphatic carbocycles. The van der Waals surface area contributed by atoms with Gasteiger partial charge in [0, 0.05) is 29.8 Å². The quantitative estimate of drug-likeness (QED) is 0.727. The molecule has 1 N–H and O–H groups in total. The van der Waals surface area contributed by atoms with Crippen molar-refractivity contribution in [3.05, 3.63) is 59.7 Å². The van der Waals surface area contributed by atoms with Gasteiger partial charge in [0.2, 0.25) is 0 Å². The SMILES string of the molecule is COc1ccccc1C(O)c1ccccc1OCCN(C(C)C)C(C)C. The summed E-state index contributed by atoms with van der Waals surface area (Å²) >= 11 is 0. The number of aliphatic hydroxyl groups excluding tert-OH is 1. The van der Waals surface area contributed by atoms with Crippen molar-refractivity contribution in [3.63, 3.8) is 0 Å². The van der Waals surface area contributed by atoms with Crippen LogP contribution in [0.2, 0.25) is 0 Å². The fourth-order valence-electron chi connectivity index (χ4n) is 3.27. The summed E-state index contributed by atoms with van der Waals surface area (Å²) in [5, 5.41) is 10.9. The highest BCUT2D eigenvalue weighted by Gasteiger charge is 2.19. The van der Waals surface area contributed by atoms with E-state index in [0.29, 0.717) is 30.2 Å². The van der Waals surface area contributed by atoms with Gasteiger partial charge < -0.3 is 14.6 Å². The second-order valence-corrected chi connectivity index (χ2v) is 6.96. The Balaban J connectivity index is 2.15. The van der Waals surface area contributed by atoms with Crippen LogP contribution in [-0.2, 0) is 0 Å². The number of ether oxygens (including phenoxy) is 2. The molecule has 1 unspecified atom stereocenters. The lowest BCUT2D eigenvalue weighted by Gasteiger charge is -2.30. The molecule has 26 heavy (non-hydrogen) atoms. The first-order valence-corrected chi connectivity index (χ1v) is 9.24. The summed E-state index contributed by atoms with van der Waals surface area (Å²) in [6.45, 7) is 10.2. The van der Waals surface area contributed by atoms with E-state index in [-0.39, 0.29) is 0 Å². The molecule has 2 aromatic carbocycles. The van der Waals surface area contributed by atoms with Crippen LogP contribution >= 0.6 is 0 Å². The molecule has 1 atom stereocenters. The molecular formula is C22H31NO3. The van der Waals surface area contributed by atoms with Crippen LogP contribution in [0.4, 0.5) is 0 Å². The first-order chi connectivity index (χ1) is 12.5. The van der Waals surface area contributed by atoms with Crippen LogP contribution < -0.4 is 9.47 Å². The van der Waals surface area contributed by atoms with Gasteiger partial charge in [0.15, 0.2) is 0 Å². The highest BCUT2D eigenvalue weighted by molar-refractivity contribution is 5.45. The molecule has 4 nitrogen and oxygen atoms in total. The van der Waals surface area contributed by atoms with E-state index in [2.05, 4.69) is 32.6 Å². The summed E-state index contributed by atoms with van der Waals surface area (Å²) in [6, 6.07) is 16.1. The van der Waals surface area contributed by atoms with E-state index in [1.54, 1.807) is 7.11 Å². The summed E-state index contributed by atoms with van der Waals surface area (Å²) < 4.78 is 11.4. The zero-order valence-corrected chi connectivity index (χ0v) is 16.5. The second kappa shape index (κ2) is 9.60. The van der Waals surface area contributed by atoms with Crippen molar-refractivity contribution < 1.29 is 14.6 Å². The van der Waals surface area contributed by atoms with Gasteiger partial charge in [-0.3, -0.25) is 4.90 Å². The van der Waals surface area contributed by atoms with Crippen LogP contribution in [0.25, 0.3) is 0 Å². The normalized spacial score (nSPS) is 12.7. The largest absolute Gasteiger partial charge is 0.496 e. The van der Waals surface area contributed by atoms with Gasteiger partial charge in [0.1, 0.15) is 24.2 Å². The maximum Gasteiger partial charge on any atom is 0.125 e. The number of rotatable bonds is 9. The van der Waals surface area contributed by atoms with Gasteiger partial charge in [0.05, 0.1) is 7.11 Å². The van der Waals surface area contributed by atoms with E-state index in [9.17, 15) is 5.11 Å². The van der Waals surface area contributed by atoms with Gasteiger partial charge in [-0.1, -0.05) is 36.4 Å².